The third kappa shape index (κ3) is 4.04. The Labute approximate surface area is 124 Å². The van der Waals surface area contributed by atoms with Crippen LogP contribution >= 0.6 is 0 Å². The summed E-state index contributed by atoms with van der Waals surface area (Å²) in [6.07, 6.45) is 3.82. The predicted molar refractivity (Wildman–Crippen MR) is 79.4 cm³/mol. The first-order valence-electron chi connectivity index (χ1n) is 7.15. The number of aliphatic hydroxyl groups is 1. The molecule has 3 N–H and O–H groups in total. The second-order valence-electron chi connectivity index (χ2n) is 5.89. The minimum absolute atomic E-state index is 0.116. The molecule has 7 nitrogen and oxygen atoms in total. The number of aromatic nitrogens is 2. The minimum Gasteiger partial charge on any atom is -0.479 e. The summed E-state index contributed by atoms with van der Waals surface area (Å²) in [5.74, 6) is 0.709. The molecule has 1 aromatic rings. The summed E-state index contributed by atoms with van der Waals surface area (Å²) < 4.78 is 0. The molecule has 0 bridgehead atoms. The summed E-state index contributed by atoms with van der Waals surface area (Å²) >= 11 is 0. The van der Waals surface area contributed by atoms with E-state index in [4.69, 9.17) is 5.11 Å². The van der Waals surface area contributed by atoms with Crippen molar-refractivity contribution in [2.45, 2.75) is 32.3 Å². The molecule has 1 aliphatic rings. The topological polar surface area (TPSA) is 98.6 Å². The Morgan fingerprint density at radius 3 is 3.00 bits per heavy atom. The SMILES string of the molecule is CC1CCCN(c2cc(NCC(C)(O)C(=O)O)ncn2)C1. The van der Waals surface area contributed by atoms with Crippen molar-refractivity contribution in [1.82, 2.24) is 9.97 Å². The molecule has 1 saturated heterocycles. The molecule has 0 amide bonds. The zero-order chi connectivity index (χ0) is 15.5. The van der Waals surface area contributed by atoms with Gasteiger partial charge in [0.1, 0.15) is 18.0 Å². The monoisotopic (exact) mass is 294 g/mol. The number of aliphatic carboxylic acids is 1. The van der Waals surface area contributed by atoms with Gasteiger partial charge in [-0.05, 0) is 25.7 Å². The molecule has 0 aliphatic carbocycles. The number of carboxylic acids is 1. The van der Waals surface area contributed by atoms with Gasteiger partial charge in [-0.3, -0.25) is 0 Å². The van der Waals surface area contributed by atoms with Gasteiger partial charge in [0.2, 0.25) is 0 Å². The molecule has 2 heterocycles. The van der Waals surface area contributed by atoms with E-state index >= 15 is 0 Å². The summed E-state index contributed by atoms with van der Waals surface area (Å²) in [7, 11) is 0. The second kappa shape index (κ2) is 6.26. The molecule has 21 heavy (non-hydrogen) atoms. The molecule has 2 atom stereocenters. The van der Waals surface area contributed by atoms with Crippen LogP contribution in [0.4, 0.5) is 11.6 Å². The van der Waals surface area contributed by atoms with Crippen molar-refractivity contribution in [2.24, 2.45) is 5.92 Å². The average Bonchev–Trinajstić information content (AvgIpc) is 2.45. The Morgan fingerprint density at radius 1 is 1.57 bits per heavy atom. The molecule has 0 saturated carbocycles. The molecule has 2 unspecified atom stereocenters. The van der Waals surface area contributed by atoms with Gasteiger partial charge in [0.25, 0.3) is 0 Å². The van der Waals surface area contributed by atoms with Crippen LogP contribution in [0.2, 0.25) is 0 Å². The molecule has 0 radical (unpaired) electrons. The molecular formula is C14H22N4O3. The van der Waals surface area contributed by atoms with Crippen molar-refractivity contribution in [3.8, 4) is 0 Å². The van der Waals surface area contributed by atoms with Crippen LogP contribution in [0.25, 0.3) is 0 Å². The van der Waals surface area contributed by atoms with E-state index in [2.05, 4.69) is 27.1 Å². The van der Waals surface area contributed by atoms with Crippen molar-refractivity contribution in [3.63, 3.8) is 0 Å². The molecule has 0 spiro atoms. The smallest absolute Gasteiger partial charge is 0.337 e. The van der Waals surface area contributed by atoms with Crippen molar-refractivity contribution >= 4 is 17.6 Å². The van der Waals surface area contributed by atoms with Crippen molar-refractivity contribution in [3.05, 3.63) is 12.4 Å². The molecule has 116 valence electrons. The highest BCUT2D eigenvalue weighted by molar-refractivity contribution is 5.77. The largest absolute Gasteiger partial charge is 0.479 e. The summed E-state index contributed by atoms with van der Waals surface area (Å²) in [6, 6.07) is 1.79. The number of nitrogens with zero attached hydrogens (tertiary/aromatic N) is 3. The lowest BCUT2D eigenvalue weighted by atomic mass is 10.0. The van der Waals surface area contributed by atoms with Crippen molar-refractivity contribution in [2.75, 3.05) is 29.9 Å². The van der Waals surface area contributed by atoms with Gasteiger partial charge in [0.15, 0.2) is 5.60 Å². The Hall–Kier alpha value is -1.89. The summed E-state index contributed by atoms with van der Waals surface area (Å²) in [6.45, 7) is 5.28. The van der Waals surface area contributed by atoms with E-state index in [1.54, 1.807) is 6.07 Å². The summed E-state index contributed by atoms with van der Waals surface area (Å²) in [5.41, 5.74) is -1.83. The third-order valence-corrected chi connectivity index (χ3v) is 3.71. The first kappa shape index (κ1) is 15.5. The van der Waals surface area contributed by atoms with E-state index in [9.17, 15) is 9.90 Å². The number of hydrogen-bond donors (Lipinski definition) is 3. The Kier molecular flexibility index (Phi) is 4.62. The maximum Gasteiger partial charge on any atom is 0.337 e. The van der Waals surface area contributed by atoms with E-state index in [0.717, 1.165) is 25.3 Å². The lowest BCUT2D eigenvalue weighted by Crippen LogP contribution is -2.42. The number of carboxylic acid groups (broad SMARTS) is 1. The maximum atomic E-state index is 10.9. The van der Waals surface area contributed by atoms with Crippen LogP contribution in [0.15, 0.2) is 12.4 Å². The van der Waals surface area contributed by atoms with Gasteiger partial charge in [0, 0.05) is 19.2 Å². The Balaban J connectivity index is 2.02. The number of rotatable bonds is 5. The van der Waals surface area contributed by atoms with E-state index < -0.39 is 11.6 Å². The van der Waals surface area contributed by atoms with Gasteiger partial charge in [-0.2, -0.15) is 0 Å². The lowest BCUT2D eigenvalue weighted by Gasteiger charge is -2.31. The van der Waals surface area contributed by atoms with Crippen LogP contribution in [-0.4, -0.2) is 51.4 Å². The fourth-order valence-corrected chi connectivity index (χ4v) is 2.35. The molecule has 1 aliphatic heterocycles. The van der Waals surface area contributed by atoms with E-state index in [1.165, 1.54) is 19.7 Å². The molecule has 7 heteroatoms. The second-order valence-corrected chi connectivity index (χ2v) is 5.89. The summed E-state index contributed by atoms with van der Waals surface area (Å²) in [4.78, 5) is 21.4. The number of piperidine rings is 1. The van der Waals surface area contributed by atoms with Gasteiger partial charge in [0.05, 0.1) is 6.54 Å². The number of carbonyl (C=O) groups is 1. The highest BCUT2D eigenvalue weighted by Gasteiger charge is 2.29. The fourth-order valence-electron chi connectivity index (χ4n) is 2.35. The highest BCUT2D eigenvalue weighted by atomic mass is 16.4. The first-order valence-corrected chi connectivity index (χ1v) is 7.15. The first-order chi connectivity index (χ1) is 9.88. The zero-order valence-corrected chi connectivity index (χ0v) is 12.4. The van der Waals surface area contributed by atoms with Crippen LogP contribution in [0, 0.1) is 5.92 Å². The van der Waals surface area contributed by atoms with Gasteiger partial charge >= 0.3 is 5.97 Å². The lowest BCUT2D eigenvalue weighted by molar-refractivity contribution is -0.155. The molecule has 0 aromatic carbocycles. The predicted octanol–water partition coefficient (Wildman–Crippen LogP) is 0.960. The zero-order valence-electron chi connectivity index (χ0n) is 12.4. The fraction of sp³-hybridized carbons (Fsp3) is 0.643. The van der Waals surface area contributed by atoms with Gasteiger partial charge in [-0.25, -0.2) is 14.8 Å². The molecular weight excluding hydrogens is 272 g/mol. The number of nitrogens with one attached hydrogen (secondary N) is 1. The van der Waals surface area contributed by atoms with Crippen molar-refractivity contribution in [1.29, 1.82) is 0 Å². The molecule has 2 rings (SSSR count). The van der Waals surface area contributed by atoms with Gasteiger partial charge < -0.3 is 20.4 Å². The highest BCUT2D eigenvalue weighted by Crippen LogP contribution is 2.22. The van der Waals surface area contributed by atoms with E-state index in [1.807, 2.05) is 0 Å². The normalized spacial score (nSPS) is 21.7. The third-order valence-electron chi connectivity index (χ3n) is 3.71. The quantitative estimate of drug-likeness (QED) is 0.744. The van der Waals surface area contributed by atoms with E-state index in [-0.39, 0.29) is 6.54 Å². The number of anilines is 2. The van der Waals surface area contributed by atoms with Gasteiger partial charge in [-0.1, -0.05) is 6.92 Å². The van der Waals surface area contributed by atoms with Crippen LogP contribution in [-0.2, 0) is 4.79 Å². The molecule has 1 fully saturated rings. The Morgan fingerprint density at radius 2 is 2.33 bits per heavy atom. The van der Waals surface area contributed by atoms with Crippen molar-refractivity contribution < 1.29 is 15.0 Å². The van der Waals surface area contributed by atoms with Crippen LogP contribution in [0.1, 0.15) is 26.7 Å². The van der Waals surface area contributed by atoms with Crippen LogP contribution < -0.4 is 10.2 Å². The van der Waals surface area contributed by atoms with Crippen LogP contribution in [0.5, 0.6) is 0 Å². The maximum absolute atomic E-state index is 10.9. The average molecular weight is 294 g/mol. The minimum atomic E-state index is -1.83. The molecule has 1 aromatic heterocycles. The summed E-state index contributed by atoms with van der Waals surface area (Å²) in [5, 5.41) is 21.4. The number of hydrogen-bond acceptors (Lipinski definition) is 6. The standard InChI is InChI=1S/C14H22N4O3/c1-10-4-3-5-18(7-10)12-6-11(16-9-17-12)15-8-14(2,21)13(19)20/h6,9-10,21H,3-5,7-8H2,1-2H3,(H,19,20)(H,15,16,17). The van der Waals surface area contributed by atoms with Gasteiger partial charge in [-0.15, -0.1) is 0 Å². The van der Waals surface area contributed by atoms with E-state index in [0.29, 0.717) is 11.7 Å². The van der Waals surface area contributed by atoms with Crippen LogP contribution in [0.3, 0.4) is 0 Å². The Bertz CT molecular complexity index is 507.